The summed E-state index contributed by atoms with van der Waals surface area (Å²) in [4.78, 5) is 13.8. The van der Waals surface area contributed by atoms with Gasteiger partial charge >= 0.3 is 0 Å². The zero-order valence-corrected chi connectivity index (χ0v) is 12.3. The van der Waals surface area contributed by atoms with E-state index in [1.807, 2.05) is 11.9 Å². The number of nitrogens with zero attached hydrogens (tertiary/aromatic N) is 1. The van der Waals surface area contributed by atoms with E-state index in [0.29, 0.717) is 18.9 Å². The third kappa shape index (κ3) is 3.79. The number of carbonyl (C=O) groups excluding carboxylic acids is 1. The van der Waals surface area contributed by atoms with Gasteiger partial charge in [0.15, 0.2) is 0 Å². The summed E-state index contributed by atoms with van der Waals surface area (Å²) in [5, 5.41) is 5.38. The van der Waals surface area contributed by atoms with Crippen molar-refractivity contribution >= 4 is 33.2 Å². The largest absolute Gasteiger partial charge is 0.341 e. The molecule has 1 aliphatic heterocycles. The smallest absolute Gasteiger partial charge is 0.222 e. The van der Waals surface area contributed by atoms with Gasteiger partial charge in [0, 0.05) is 20.0 Å². The van der Waals surface area contributed by atoms with E-state index in [1.165, 1.54) is 5.56 Å². The minimum absolute atomic E-state index is 0.251. The molecule has 1 unspecified atom stereocenters. The standard InChI is InChI=1S/C12H17BrN2OS/c1-15(7-10-4-11(13)17-8-10)12(16)5-9-2-3-14-6-9/h4,8-9,14H,2-3,5-7H2,1H3. The Hall–Kier alpha value is -0.390. The average Bonchev–Trinajstić information content (AvgIpc) is 2.90. The maximum Gasteiger partial charge on any atom is 0.222 e. The van der Waals surface area contributed by atoms with E-state index in [2.05, 4.69) is 32.7 Å². The predicted molar refractivity (Wildman–Crippen MR) is 74.1 cm³/mol. The molecule has 1 aromatic heterocycles. The highest BCUT2D eigenvalue weighted by atomic mass is 79.9. The van der Waals surface area contributed by atoms with Gasteiger partial charge in [-0.05, 0) is 58.4 Å². The van der Waals surface area contributed by atoms with Crippen LogP contribution in [0.15, 0.2) is 15.2 Å². The van der Waals surface area contributed by atoms with Crippen molar-refractivity contribution in [2.45, 2.75) is 19.4 Å². The van der Waals surface area contributed by atoms with Crippen LogP contribution < -0.4 is 5.32 Å². The summed E-state index contributed by atoms with van der Waals surface area (Å²) in [6.45, 7) is 2.75. The summed E-state index contributed by atoms with van der Waals surface area (Å²) < 4.78 is 1.12. The van der Waals surface area contributed by atoms with Crippen molar-refractivity contribution in [3.05, 3.63) is 20.8 Å². The molecular weight excluding hydrogens is 300 g/mol. The second kappa shape index (κ2) is 5.98. The van der Waals surface area contributed by atoms with Gasteiger partial charge in [0.1, 0.15) is 0 Å². The molecule has 2 heterocycles. The van der Waals surface area contributed by atoms with E-state index >= 15 is 0 Å². The summed E-state index contributed by atoms with van der Waals surface area (Å²) in [6.07, 6.45) is 1.80. The number of amides is 1. The number of halogens is 1. The predicted octanol–water partition coefficient (Wildman–Crippen LogP) is 2.47. The van der Waals surface area contributed by atoms with Gasteiger partial charge in [-0.2, -0.15) is 0 Å². The molecule has 1 aromatic rings. The molecule has 1 N–H and O–H groups in total. The third-order valence-corrected chi connectivity index (χ3v) is 4.65. The Morgan fingerprint density at radius 3 is 3.12 bits per heavy atom. The van der Waals surface area contributed by atoms with Crippen LogP contribution in [0.3, 0.4) is 0 Å². The molecule has 0 radical (unpaired) electrons. The Morgan fingerprint density at radius 1 is 1.71 bits per heavy atom. The van der Waals surface area contributed by atoms with Crippen LogP contribution in [0.2, 0.25) is 0 Å². The molecular formula is C12H17BrN2OS. The zero-order valence-electron chi connectivity index (χ0n) is 9.91. The van der Waals surface area contributed by atoms with Crippen LogP contribution in [0.25, 0.3) is 0 Å². The molecule has 0 aliphatic carbocycles. The normalized spacial score (nSPS) is 19.5. The Labute approximate surface area is 114 Å². The average molecular weight is 317 g/mol. The molecule has 0 bridgehead atoms. The Bertz CT molecular complexity index is 388. The molecule has 1 atom stereocenters. The molecule has 2 rings (SSSR count). The molecule has 0 aromatic carbocycles. The quantitative estimate of drug-likeness (QED) is 0.925. The van der Waals surface area contributed by atoms with E-state index in [0.717, 1.165) is 23.3 Å². The summed E-state index contributed by atoms with van der Waals surface area (Å²) in [5.41, 5.74) is 1.20. The van der Waals surface area contributed by atoms with Crippen molar-refractivity contribution in [2.75, 3.05) is 20.1 Å². The first-order valence-corrected chi connectivity index (χ1v) is 7.50. The molecule has 1 amide bonds. The van der Waals surface area contributed by atoms with Crippen LogP contribution in [0.1, 0.15) is 18.4 Å². The van der Waals surface area contributed by atoms with Crippen molar-refractivity contribution in [3.63, 3.8) is 0 Å². The first-order chi connectivity index (χ1) is 8.15. The lowest BCUT2D eigenvalue weighted by Gasteiger charge is -2.18. The van der Waals surface area contributed by atoms with Crippen molar-refractivity contribution in [3.8, 4) is 0 Å². The summed E-state index contributed by atoms with van der Waals surface area (Å²) in [5.74, 6) is 0.778. The van der Waals surface area contributed by atoms with Crippen LogP contribution in [-0.2, 0) is 11.3 Å². The van der Waals surface area contributed by atoms with Crippen LogP contribution >= 0.6 is 27.3 Å². The molecule has 94 valence electrons. The Balaban J connectivity index is 1.82. The summed E-state index contributed by atoms with van der Waals surface area (Å²) in [6, 6.07) is 2.07. The van der Waals surface area contributed by atoms with Gasteiger partial charge in [-0.1, -0.05) is 0 Å². The van der Waals surface area contributed by atoms with Crippen molar-refractivity contribution in [1.29, 1.82) is 0 Å². The Kier molecular flexibility index (Phi) is 4.59. The van der Waals surface area contributed by atoms with Gasteiger partial charge < -0.3 is 10.2 Å². The highest BCUT2D eigenvalue weighted by molar-refractivity contribution is 9.11. The number of hydrogen-bond acceptors (Lipinski definition) is 3. The van der Waals surface area contributed by atoms with E-state index < -0.39 is 0 Å². The SMILES string of the molecule is CN(Cc1csc(Br)c1)C(=O)CC1CCNC1. The molecule has 1 fully saturated rings. The summed E-state index contributed by atoms with van der Waals surface area (Å²) >= 11 is 5.10. The van der Waals surface area contributed by atoms with E-state index in [4.69, 9.17) is 0 Å². The van der Waals surface area contributed by atoms with E-state index in [1.54, 1.807) is 11.3 Å². The number of rotatable bonds is 4. The lowest BCUT2D eigenvalue weighted by Crippen LogP contribution is -2.28. The fourth-order valence-electron chi connectivity index (χ4n) is 2.08. The number of hydrogen-bond donors (Lipinski definition) is 1. The maximum atomic E-state index is 12.0. The number of carbonyl (C=O) groups is 1. The van der Waals surface area contributed by atoms with Gasteiger partial charge in [-0.15, -0.1) is 11.3 Å². The fraction of sp³-hybridized carbons (Fsp3) is 0.583. The van der Waals surface area contributed by atoms with Crippen molar-refractivity contribution in [1.82, 2.24) is 10.2 Å². The lowest BCUT2D eigenvalue weighted by atomic mass is 10.0. The van der Waals surface area contributed by atoms with Crippen LogP contribution in [-0.4, -0.2) is 30.9 Å². The topological polar surface area (TPSA) is 32.3 Å². The molecule has 5 heteroatoms. The van der Waals surface area contributed by atoms with Crippen molar-refractivity contribution < 1.29 is 4.79 Å². The highest BCUT2D eigenvalue weighted by Crippen LogP contribution is 2.22. The van der Waals surface area contributed by atoms with Gasteiger partial charge in [0.05, 0.1) is 3.79 Å². The van der Waals surface area contributed by atoms with Crippen LogP contribution in [0.5, 0.6) is 0 Å². The minimum Gasteiger partial charge on any atom is -0.341 e. The second-order valence-corrected chi connectivity index (χ2v) is 6.86. The van der Waals surface area contributed by atoms with E-state index in [9.17, 15) is 4.79 Å². The zero-order chi connectivity index (χ0) is 12.3. The van der Waals surface area contributed by atoms with Crippen LogP contribution in [0, 0.1) is 5.92 Å². The van der Waals surface area contributed by atoms with E-state index in [-0.39, 0.29) is 5.91 Å². The minimum atomic E-state index is 0.251. The Morgan fingerprint density at radius 2 is 2.53 bits per heavy atom. The number of thiophene rings is 1. The van der Waals surface area contributed by atoms with Gasteiger partial charge in [-0.3, -0.25) is 4.79 Å². The van der Waals surface area contributed by atoms with Gasteiger partial charge in [0.2, 0.25) is 5.91 Å². The lowest BCUT2D eigenvalue weighted by molar-refractivity contribution is -0.131. The first-order valence-electron chi connectivity index (χ1n) is 5.82. The van der Waals surface area contributed by atoms with Crippen LogP contribution in [0.4, 0.5) is 0 Å². The number of nitrogens with one attached hydrogen (secondary N) is 1. The molecule has 17 heavy (non-hydrogen) atoms. The third-order valence-electron chi connectivity index (χ3n) is 3.09. The monoisotopic (exact) mass is 316 g/mol. The molecule has 0 spiro atoms. The highest BCUT2D eigenvalue weighted by Gasteiger charge is 2.20. The van der Waals surface area contributed by atoms with Crippen molar-refractivity contribution in [2.24, 2.45) is 5.92 Å². The van der Waals surface area contributed by atoms with Gasteiger partial charge in [-0.25, -0.2) is 0 Å². The molecule has 1 saturated heterocycles. The molecule has 1 aliphatic rings. The second-order valence-electron chi connectivity index (χ2n) is 4.57. The summed E-state index contributed by atoms with van der Waals surface area (Å²) in [7, 11) is 1.89. The maximum absolute atomic E-state index is 12.0. The first kappa shape index (κ1) is 13.1. The van der Waals surface area contributed by atoms with Gasteiger partial charge in [0.25, 0.3) is 0 Å². The molecule has 3 nitrogen and oxygen atoms in total. The molecule has 0 saturated carbocycles. The fourth-order valence-corrected chi connectivity index (χ4v) is 3.28.